The molecule has 0 unspecified atom stereocenters. The van der Waals surface area contributed by atoms with Gasteiger partial charge in [0.1, 0.15) is 29.5 Å². The molecule has 0 saturated carbocycles. The summed E-state index contributed by atoms with van der Waals surface area (Å²) >= 11 is 0. The highest BCUT2D eigenvalue weighted by atomic mass is 16.5. The third-order valence-corrected chi connectivity index (χ3v) is 4.33. The molecule has 0 saturated heterocycles. The molecule has 2 aromatic carbocycles. The van der Waals surface area contributed by atoms with Gasteiger partial charge in [0.2, 0.25) is 0 Å². The second-order valence-electron chi connectivity index (χ2n) is 6.07. The van der Waals surface area contributed by atoms with Crippen LogP contribution < -0.4 is 20.1 Å². The number of anilines is 4. The van der Waals surface area contributed by atoms with Crippen LogP contribution in [0.25, 0.3) is 0 Å². The largest absolute Gasteiger partial charge is 0.497 e. The Kier molecular flexibility index (Phi) is 5.76. The Morgan fingerprint density at radius 3 is 2.41 bits per heavy atom. The predicted octanol–water partition coefficient (Wildman–Crippen LogP) is 4.85. The molecule has 0 aliphatic heterocycles. The van der Waals surface area contributed by atoms with Crippen LogP contribution in [0.1, 0.15) is 18.1 Å². The molecule has 2 N–H and O–H groups in total. The lowest BCUT2D eigenvalue weighted by atomic mass is 10.1. The molecule has 3 rings (SSSR count). The Morgan fingerprint density at radius 2 is 1.70 bits per heavy atom. The second-order valence-corrected chi connectivity index (χ2v) is 6.07. The van der Waals surface area contributed by atoms with E-state index < -0.39 is 0 Å². The molecule has 0 amide bonds. The monoisotopic (exact) mass is 364 g/mol. The van der Waals surface area contributed by atoms with Crippen molar-refractivity contribution in [3.05, 3.63) is 59.9 Å². The van der Waals surface area contributed by atoms with Crippen molar-refractivity contribution in [1.82, 2.24) is 9.97 Å². The fraction of sp³-hybridized carbons (Fsp3) is 0.238. The SMILES string of the molecule is CCc1cccc(C)c1Nc1cc(Nc2ccc(OC)cc2OC)ncn1. The molecular weight excluding hydrogens is 340 g/mol. The number of nitrogens with zero attached hydrogens (tertiary/aromatic N) is 2. The average molecular weight is 364 g/mol. The first-order valence-corrected chi connectivity index (χ1v) is 8.81. The van der Waals surface area contributed by atoms with Crippen molar-refractivity contribution in [3.8, 4) is 11.5 Å². The summed E-state index contributed by atoms with van der Waals surface area (Å²) in [5.74, 6) is 2.80. The van der Waals surface area contributed by atoms with Gasteiger partial charge in [0.25, 0.3) is 0 Å². The van der Waals surface area contributed by atoms with Crippen molar-refractivity contribution in [2.75, 3.05) is 24.9 Å². The van der Waals surface area contributed by atoms with E-state index in [1.54, 1.807) is 14.2 Å². The normalized spacial score (nSPS) is 10.4. The maximum atomic E-state index is 5.43. The van der Waals surface area contributed by atoms with Gasteiger partial charge < -0.3 is 20.1 Å². The number of para-hydroxylation sites is 1. The van der Waals surface area contributed by atoms with E-state index in [9.17, 15) is 0 Å². The third kappa shape index (κ3) is 4.28. The highest BCUT2D eigenvalue weighted by Crippen LogP contribution is 2.31. The molecule has 140 valence electrons. The van der Waals surface area contributed by atoms with Crippen LogP contribution in [0.3, 0.4) is 0 Å². The smallest absolute Gasteiger partial charge is 0.146 e. The number of nitrogens with one attached hydrogen (secondary N) is 2. The standard InChI is InChI=1S/C21H24N4O2/c1-5-15-8-6-7-14(2)21(15)25-20-12-19(22-13-23-20)24-17-10-9-16(26-3)11-18(17)27-4/h6-13H,5H2,1-4H3,(H2,22,23,24,25). The fourth-order valence-corrected chi connectivity index (χ4v) is 2.86. The fourth-order valence-electron chi connectivity index (χ4n) is 2.86. The van der Waals surface area contributed by atoms with Crippen molar-refractivity contribution in [3.63, 3.8) is 0 Å². The van der Waals surface area contributed by atoms with Crippen LogP contribution in [0.5, 0.6) is 11.5 Å². The zero-order chi connectivity index (χ0) is 19.2. The van der Waals surface area contributed by atoms with Gasteiger partial charge in [-0.3, -0.25) is 0 Å². The number of hydrogen-bond acceptors (Lipinski definition) is 6. The molecule has 1 heterocycles. The molecule has 1 aromatic heterocycles. The van der Waals surface area contributed by atoms with Crippen molar-refractivity contribution < 1.29 is 9.47 Å². The van der Waals surface area contributed by atoms with Crippen LogP contribution >= 0.6 is 0 Å². The Balaban J connectivity index is 1.85. The van der Waals surface area contributed by atoms with Crippen molar-refractivity contribution in [2.24, 2.45) is 0 Å². The van der Waals surface area contributed by atoms with Gasteiger partial charge in [0.05, 0.1) is 19.9 Å². The summed E-state index contributed by atoms with van der Waals surface area (Å²) in [6.07, 6.45) is 2.48. The molecule has 0 fully saturated rings. The molecule has 0 aliphatic rings. The van der Waals surface area contributed by atoms with Crippen molar-refractivity contribution in [1.29, 1.82) is 0 Å². The summed E-state index contributed by atoms with van der Waals surface area (Å²) in [5, 5.41) is 6.69. The van der Waals surface area contributed by atoms with Gasteiger partial charge in [-0.15, -0.1) is 0 Å². The van der Waals surface area contributed by atoms with Crippen LogP contribution in [0.2, 0.25) is 0 Å². The number of hydrogen-bond donors (Lipinski definition) is 2. The number of benzene rings is 2. The quantitative estimate of drug-likeness (QED) is 0.624. The molecule has 0 atom stereocenters. The van der Waals surface area contributed by atoms with Gasteiger partial charge in [-0.25, -0.2) is 9.97 Å². The van der Waals surface area contributed by atoms with Crippen LogP contribution in [-0.4, -0.2) is 24.2 Å². The lowest BCUT2D eigenvalue weighted by Gasteiger charge is -2.15. The molecule has 0 aliphatic carbocycles. The van der Waals surface area contributed by atoms with E-state index in [1.807, 2.05) is 24.3 Å². The molecule has 27 heavy (non-hydrogen) atoms. The van der Waals surface area contributed by atoms with E-state index in [4.69, 9.17) is 9.47 Å². The molecule has 0 bridgehead atoms. The van der Waals surface area contributed by atoms with E-state index in [0.717, 1.165) is 29.4 Å². The Morgan fingerprint density at radius 1 is 0.926 bits per heavy atom. The van der Waals surface area contributed by atoms with E-state index in [-0.39, 0.29) is 0 Å². The molecule has 0 spiro atoms. The van der Waals surface area contributed by atoms with Crippen LogP contribution in [0.4, 0.5) is 23.0 Å². The van der Waals surface area contributed by atoms with Gasteiger partial charge in [-0.2, -0.15) is 0 Å². The Bertz CT molecular complexity index is 928. The Labute approximate surface area is 159 Å². The molecular formula is C21H24N4O2. The van der Waals surface area contributed by atoms with Gasteiger partial charge in [0.15, 0.2) is 0 Å². The van der Waals surface area contributed by atoms with Crippen molar-refractivity contribution >= 4 is 23.0 Å². The van der Waals surface area contributed by atoms with Crippen LogP contribution in [-0.2, 0) is 6.42 Å². The minimum absolute atomic E-state index is 0.669. The van der Waals surface area contributed by atoms with Gasteiger partial charge in [0, 0.05) is 17.8 Å². The molecule has 6 heteroatoms. The topological polar surface area (TPSA) is 68.3 Å². The number of rotatable bonds is 7. The first-order valence-electron chi connectivity index (χ1n) is 8.81. The van der Waals surface area contributed by atoms with E-state index >= 15 is 0 Å². The summed E-state index contributed by atoms with van der Waals surface area (Å²) < 4.78 is 10.7. The number of ether oxygens (including phenoxy) is 2. The zero-order valence-electron chi connectivity index (χ0n) is 16.0. The number of aromatic nitrogens is 2. The lowest BCUT2D eigenvalue weighted by molar-refractivity contribution is 0.395. The minimum atomic E-state index is 0.669. The maximum Gasteiger partial charge on any atom is 0.146 e. The zero-order valence-corrected chi connectivity index (χ0v) is 16.0. The second kappa shape index (κ2) is 8.40. The summed E-state index contributed by atoms with van der Waals surface area (Å²) in [7, 11) is 3.25. The molecule has 3 aromatic rings. The lowest BCUT2D eigenvalue weighted by Crippen LogP contribution is -2.02. The highest BCUT2D eigenvalue weighted by Gasteiger charge is 2.09. The minimum Gasteiger partial charge on any atom is -0.497 e. The van der Waals surface area contributed by atoms with Gasteiger partial charge >= 0.3 is 0 Å². The average Bonchev–Trinajstić information content (AvgIpc) is 2.70. The first-order chi connectivity index (χ1) is 13.1. The summed E-state index contributed by atoms with van der Waals surface area (Å²) in [6, 6.07) is 13.7. The van der Waals surface area contributed by atoms with E-state index in [0.29, 0.717) is 11.6 Å². The van der Waals surface area contributed by atoms with Crippen LogP contribution in [0, 0.1) is 6.92 Å². The van der Waals surface area contributed by atoms with Crippen molar-refractivity contribution in [2.45, 2.75) is 20.3 Å². The van der Waals surface area contributed by atoms with E-state index in [2.05, 4.69) is 52.6 Å². The maximum absolute atomic E-state index is 5.43. The third-order valence-electron chi connectivity index (χ3n) is 4.33. The highest BCUT2D eigenvalue weighted by molar-refractivity contribution is 5.69. The number of methoxy groups -OCH3 is 2. The molecule has 0 radical (unpaired) electrons. The molecule has 6 nitrogen and oxygen atoms in total. The summed E-state index contributed by atoms with van der Waals surface area (Å²) in [6.45, 7) is 4.23. The van der Waals surface area contributed by atoms with E-state index in [1.165, 1.54) is 17.5 Å². The van der Waals surface area contributed by atoms with Crippen LogP contribution in [0.15, 0.2) is 48.8 Å². The predicted molar refractivity (Wildman–Crippen MR) is 109 cm³/mol. The number of aryl methyl sites for hydroxylation is 2. The van der Waals surface area contributed by atoms with Gasteiger partial charge in [-0.05, 0) is 36.6 Å². The summed E-state index contributed by atoms with van der Waals surface area (Å²) in [4.78, 5) is 8.66. The first kappa shape index (κ1) is 18.5. The van der Waals surface area contributed by atoms with Gasteiger partial charge in [-0.1, -0.05) is 25.1 Å². The Hall–Kier alpha value is -3.28. The summed E-state index contributed by atoms with van der Waals surface area (Å²) in [5.41, 5.74) is 4.32.